The minimum Gasteiger partial charge on any atom is -0.411 e. The van der Waals surface area contributed by atoms with Crippen molar-refractivity contribution in [1.29, 1.82) is 0 Å². The smallest absolute Gasteiger partial charge is 0.410 e. The zero-order valence-electron chi connectivity index (χ0n) is 8.83. The highest BCUT2D eigenvalue weighted by Crippen LogP contribution is 2.24. The molecule has 1 atom stereocenters. The van der Waals surface area contributed by atoms with E-state index in [0.29, 0.717) is 25.5 Å². The van der Waals surface area contributed by atoms with Crippen molar-refractivity contribution in [2.75, 3.05) is 5.88 Å². The Kier molecular flexibility index (Phi) is 8.29. The Labute approximate surface area is 114 Å². The van der Waals surface area contributed by atoms with E-state index in [1.165, 1.54) is 0 Å². The van der Waals surface area contributed by atoms with Gasteiger partial charge >= 0.3 is 6.09 Å². The molecule has 0 aliphatic heterocycles. The van der Waals surface area contributed by atoms with Gasteiger partial charge in [0.1, 0.15) is 12.6 Å². The summed E-state index contributed by atoms with van der Waals surface area (Å²) in [6.07, 6.45) is 1.45. The number of amides is 1. The lowest BCUT2D eigenvalue weighted by atomic mass is 10.1. The summed E-state index contributed by atoms with van der Waals surface area (Å²) in [7, 11) is 0. The molecule has 0 heterocycles. The van der Waals surface area contributed by atoms with Crippen LogP contribution >= 0.6 is 34.8 Å². The van der Waals surface area contributed by atoms with E-state index in [0.717, 1.165) is 6.29 Å². The number of aldehydes is 2. The van der Waals surface area contributed by atoms with Gasteiger partial charge in [-0.1, -0.05) is 23.2 Å². The minimum absolute atomic E-state index is 0.305. The van der Waals surface area contributed by atoms with Gasteiger partial charge in [-0.2, -0.15) is 0 Å². The summed E-state index contributed by atoms with van der Waals surface area (Å²) in [4.78, 5) is 31.9. The van der Waals surface area contributed by atoms with E-state index >= 15 is 0 Å². The van der Waals surface area contributed by atoms with Crippen molar-refractivity contribution in [3.63, 3.8) is 0 Å². The third-order valence-corrected chi connectivity index (χ3v) is 2.77. The van der Waals surface area contributed by atoms with Crippen molar-refractivity contribution in [2.45, 2.75) is 29.8 Å². The molecule has 0 aromatic carbocycles. The van der Waals surface area contributed by atoms with Crippen LogP contribution in [0.15, 0.2) is 0 Å². The molecular formula is C9H12Cl3NO4. The molecule has 0 spiro atoms. The third kappa shape index (κ3) is 8.24. The average Bonchev–Trinajstić information content (AvgIpc) is 2.27. The topological polar surface area (TPSA) is 72.5 Å². The summed E-state index contributed by atoms with van der Waals surface area (Å²) < 4.78 is 2.71. The molecule has 5 nitrogen and oxygen atoms in total. The van der Waals surface area contributed by atoms with E-state index in [1.54, 1.807) is 0 Å². The van der Waals surface area contributed by atoms with E-state index in [1.807, 2.05) is 0 Å². The fraction of sp³-hybridized carbons (Fsp3) is 0.667. The second kappa shape index (κ2) is 8.55. The Morgan fingerprint density at radius 2 is 2.06 bits per heavy atom. The number of alkyl halides is 3. The van der Waals surface area contributed by atoms with Gasteiger partial charge in [0.05, 0.1) is 11.9 Å². The van der Waals surface area contributed by atoms with E-state index in [9.17, 15) is 14.4 Å². The van der Waals surface area contributed by atoms with Gasteiger partial charge in [-0.05, 0) is 12.8 Å². The fourth-order valence-corrected chi connectivity index (χ4v) is 1.13. The minimum atomic E-state index is -1.83. The van der Waals surface area contributed by atoms with Crippen LogP contribution in [0.3, 0.4) is 0 Å². The number of nitrogens with one attached hydrogen (secondary N) is 1. The highest BCUT2D eigenvalue weighted by molar-refractivity contribution is 6.50. The molecule has 17 heavy (non-hydrogen) atoms. The van der Waals surface area contributed by atoms with Gasteiger partial charge in [0, 0.05) is 6.42 Å². The van der Waals surface area contributed by atoms with E-state index in [-0.39, 0.29) is 5.88 Å². The average molecular weight is 305 g/mol. The molecule has 0 aliphatic rings. The normalized spacial score (nSPS) is 12.6. The monoisotopic (exact) mass is 303 g/mol. The molecule has 0 aromatic heterocycles. The summed E-state index contributed by atoms with van der Waals surface area (Å²) >= 11 is 16.3. The van der Waals surface area contributed by atoms with E-state index in [4.69, 9.17) is 34.8 Å². The zero-order valence-corrected chi connectivity index (χ0v) is 11.1. The lowest BCUT2D eigenvalue weighted by Gasteiger charge is -2.19. The molecule has 1 unspecified atom stereocenters. The number of alkyl carbamates (subject to hydrolysis) is 1. The van der Waals surface area contributed by atoms with Crippen LogP contribution in [0.2, 0.25) is 0 Å². The zero-order chi connectivity index (χ0) is 13.3. The largest absolute Gasteiger partial charge is 0.411 e. The molecule has 98 valence electrons. The van der Waals surface area contributed by atoms with Crippen molar-refractivity contribution in [1.82, 2.24) is 5.32 Å². The van der Waals surface area contributed by atoms with Gasteiger partial charge < -0.3 is 19.6 Å². The van der Waals surface area contributed by atoms with Gasteiger partial charge in [0.15, 0.2) is 0 Å². The lowest BCUT2D eigenvalue weighted by Crippen LogP contribution is -2.40. The highest BCUT2D eigenvalue weighted by Gasteiger charge is 2.28. The SMILES string of the molecule is O=CCCCC(C=O)NC(=O)OC(Cl)(Cl)CCl. The summed E-state index contributed by atoms with van der Waals surface area (Å²) in [6.45, 7) is 0. The van der Waals surface area contributed by atoms with Gasteiger partial charge in [-0.15, -0.1) is 11.6 Å². The maximum absolute atomic E-state index is 11.2. The first kappa shape index (κ1) is 16.5. The molecule has 8 heteroatoms. The summed E-state index contributed by atoms with van der Waals surface area (Å²) in [5.74, 6) is -0.305. The van der Waals surface area contributed by atoms with Gasteiger partial charge in [0.25, 0.3) is 4.52 Å². The van der Waals surface area contributed by atoms with E-state index in [2.05, 4.69) is 10.1 Å². The lowest BCUT2D eigenvalue weighted by molar-refractivity contribution is -0.110. The Morgan fingerprint density at radius 3 is 2.53 bits per heavy atom. The number of hydrogen-bond donors (Lipinski definition) is 1. The Hall–Kier alpha value is -0.520. The van der Waals surface area contributed by atoms with Crippen LogP contribution in [-0.2, 0) is 14.3 Å². The van der Waals surface area contributed by atoms with Crippen LogP contribution in [0.4, 0.5) is 4.79 Å². The predicted molar refractivity (Wildman–Crippen MR) is 64.5 cm³/mol. The van der Waals surface area contributed by atoms with Crippen LogP contribution in [0, 0.1) is 0 Å². The molecule has 0 aliphatic carbocycles. The molecular weight excluding hydrogens is 292 g/mol. The maximum Gasteiger partial charge on any atom is 0.410 e. The fourth-order valence-electron chi connectivity index (χ4n) is 0.939. The maximum atomic E-state index is 11.2. The Balaban J connectivity index is 4.06. The molecule has 0 radical (unpaired) electrons. The number of ether oxygens (including phenoxy) is 1. The molecule has 1 amide bonds. The van der Waals surface area contributed by atoms with Gasteiger partial charge in [0.2, 0.25) is 0 Å². The van der Waals surface area contributed by atoms with Crippen molar-refractivity contribution in [3.8, 4) is 0 Å². The first-order valence-corrected chi connectivity index (χ1v) is 6.06. The van der Waals surface area contributed by atoms with Crippen LogP contribution < -0.4 is 5.32 Å². The quantitative estimate of drug-likeness (QED) is 0.423. The first-order chi connectivity index (χ1) is 7.95. The molecule has 0 saturated carbocycles. The number of carbonyl (C=O) groups excluding carboxylic acids is 3. The summed E-state index contributed by atoms with van der Waals surface area (Å²) in [6, 6.07) is -0.748. The number of carbonyl (C=O) groups is 3. The van der Waals surface area contributed by atoms with E-state index < -0.39 is 16.7 Å². The van der Waals surface area contributed by atoms with Gasteiger partial charge in [-0.3, -0.25) is 0 Å². The second-order valence-corrected chi connectivity index (χ2v) is 4.83. The molecule has 1 N–H and O–H groups in total. The molecule has 0 aromatic rings. The Bertz CT molecular complexity index is 273. The third-order valence-electron chi connectivity index (χ3n) is 1.70. The van der Waals surface area contributed by atoms with Crippen LogP contribution in [0.25, 0.3) is 0 Å². The summed E-state index contributed by atoms with van der Waals surface area (Å²) in [5, 5.41) is 2.24. The molecule has 0 rings (SSSR count). The second-order valence-electron chi connectivity index (χ2n) is 3.14. The predicted octanol–water partition coefficient (Wildman–Crippen LogP) is 2.02. The van der Waals surface area contributed by atoms with Crippen molar-refractivity contribution in [3.05, 3.63) is 0 Å². The number of hydrogen-bond acceptors (Lipinski definition) is 4. The van der Waals surface area contributed by atoms with Crippen molar-refractivity contribution in [2.24, 2.45) is 0 Å². The first-order valence-electron chi connectivity index (χ1n) is 4.77. The van der Waals surface area contributed by atoms with Crippen LogP contribution in [-0.4, -0.2) is 35.1 Å². The Morgan fingerprint density at radius 1 is 1.41 bits per heavy atom. The number of halogens is 3. The van der Waals surface area contributed by atoms with Gasteiger partial charge in [-0.25, -0.2) is 4.79 Å². The molecule has 0 bridgehead atoms. The van der Waals surface area contributed by atoms with Crippen LogP contribution in [0.5, 0.6) is 0 Å². The molecule has 0 saturated heterocycles. The molecule has 0 fully saturated rings. The highest BCUT2D eigenvalue weighted by atomic mass is 35.5. The van der Waals surface area contributed by atoms with Crippen LogP contribution in [0.1, 0.15) is 19.3 Å². The number of unbranched alkanes of at least 4 members (excludes halogenated alkanes) is 1. The van der Waals surface area contributed by atoms with Crippen molar-refractivity contribution >= 4 is 53.5 Å². The van der Waals surface area contributed by atoms with Crippen molar-refractivity contribution < 1.29 is 19.1 Å². The summed E-state index contributed by atoms with van der Waals surface area (Å²) in [5.41, 5.74) is 0. The standard InChI is InChI=1S/C9H12Cl3NO4/c10-6-9(11,12)17-8(16)13-7(5-15)3-1-2-4-14/h4-5,7H,1-3,6H2,(H,13,16). The number of rotatable bonds is 8.